The number of rotatable bonds is 7. The molecular weight excluding hydrogens is 490 g/mol. The van der Waals surface area contributed by atoms with E-state index < -0.39 is 0 Å². The lowest BCUT2D eigenvalue weighted by atomic mass is 9.47. The number of ether oxygens (including phenoxy) is 1. The SMILES string of the molecule is CC(C)CCC[C@@H](C)[C@H]1CC[C@H]2[C@@H]3CC=C4C[C@@H](OC(=O)Nc5cccc(Cl)c5)CC[C@]4(C)[C@H]3CC[C@]12C. The van der Waals surface area contributed by atoms with E-state index in [0.29, 0.717) is 16.1 Å². The van der Waals surface area contributed by atoms with E-state index in [1.165, 1.54) is 51.4 Å². The summed E-state index contributed by atoms with van der Waals surface area (Å²) in [6.45, 7) is 12.5. The second-order valence-corrected chi connectivity index (χ2v) is 14.6. The van der Waals surface area contributed by atoms with Crippen LogP contribution in [0.25, 0.3) is 0 Å². The van der Waals surface area contributed by atoms with Crippen LogP contribution in [0.15, 0.2) is 35.9 Å². The van der Waals surface area contributed by atoms with Gasteiger partial charge in [-0.2, -0.15) is 0 Å². The molecule has 0 unspecified atom stereocenters. The zero-order chi connectivity index (χ0) is 27.1. The van der Waals surface area contributed by atoms with Crippen LogP contribution in [0.2, 0.25) is 5.02 Å². The molecule has 3 nitrogen and oxygen atoms in total. The van der Waals surface area contributed by atoms with E-state index in [1.807, 2.05) is 12.1 Å². The first-order chi connectivity index (χ1) is 18.1. The van der Waals surface area contributed by atoms with Crippen molar-refractivity contribution in [1.29, 1.82) is 0 Å². The monoisotopic (exact) mass is 539 g/mol. The number of anilines is 1. The third-order valence-corrected chi connectivity index (χ3v) is 11.8. The van der Waals surface area contributed by atoms with Crippen LogP contribution in [0, 0.1) is 46.3 Å². The van der Waals surface area contributed by atoms with Gasteiger partial charge in [-0.3, -0.25) is 5.32 Å². The van der Waals surface area contributed by atoms with Crippen molar-refractivity contribution in [2.45, 2.75) is 111 Å². The largest absolute Gasteiger partial charge is 0.446 e. The first-order valence-corrected chi connectivity index (χ1v) is 15.9. The highest BCUT2D eigenvalue weighted by Gasteiger charge is 2.59. The van der Waals surface area contributed by atoms with Crippen LogP contribution < -0.4 is 5.32 Å². The summed E-state index contributed by atoms with van der Waals surface area (Å²) in [5.74, 6) is 5.09. The summed E-state index contributed by atoms with van der Waals surface area (Å²) in [6, 6.07) is 7.23. The lowest BCUT2D eigenvalue weighted by molar-refractivity contribution is -0.0577. The highest BCUT2D eigenvalue weighted by molar-refractivity contribution is 6.30. The van der Waals surface area contributed by atoms with E-state index >= 15 is 0 Å². The smallest absolute Gasteiger partial charge is 0.411 e. The Morgan fingerprint density at radius 1 is 1.08 bits per heavy atom. The highest BCUT2D eigenvalue weighted by Crippen LogP contribution is 2.67. The van der Waals surface area contributed by atoms with E-state index in [9.17, 15) is 4.79 Å². The molecule has 0 aliphatic heterocycles. The van der Waals surface area contributed by atoms with Gasteiger partial charge in [0.05, 0.1) is 0 Å². The number of hydrogen-bond acceptors (Lipinski definition) is 2. The van der Waals surface area contributed by atoms with Crippen LogP contribution >= 0.6 is 11.6 Å². The average Bonchev–Trinajstić information content (AvgIpc) is 3.21. The Bertz CT molecular complexity index is 1040. The molecular formula is C34H50ClNO2. The van der Waals surface area contributed by atoms with E-state index in [1.54, 1.807) is 17.7 Å². The van der Waals surface area contributed by atoms with Gasteiger partial charge in [-0.15, -0.1) is 0 Å². The molecule has 38 heavy (non-hydrogen) atoms. The van der Waals surface area contributed by atoms with E-state index in [2.05, 4.69) is 46.0 Å². The summed E-state index contributed by atoms with van der Waals surface area (Å²) in [6.07, 6.45) is 16.2. The van der Waals surface area contributed by atoms with Crippen LogP contribution in [-0.4, -0.2) is 12.2 Å². The summed E-state index contributed by atoms with van der Waals surface area (Å²) < 4.78 is 5.90. The third kappa shape index (κ3) is 5.43. The van der Waals surface area contributed by atoms with Crippen molar-refractivity contribution in [3.63, 3.8) is 0 Å². The number of fused-ring (bicyclic) bond motifs is 5. The van der Waals surface area contributed by atoms with Crippen LogP contribution in [0.4, 0.5) is 10.5 Å². The van der Waals surface area contributed by atoms with Gasteiger partial charge in [0.1, 0.15) is 6.10 Å². The summed E-state index contributed by atoms with van der Waals surface area (Å²) in [5.41, 5.74) is 3.04. The highest BCUT2D eigenvalue weighted by atomic mass is 35.5. The molecule has 0 spiro atoms. The van der Waals surface area contributed by atoms with Crippen LogP contribution in [0.5, 0.6) is 0 Å². The molecule has 210 valence electrons. The normalized spacial score (nSPS) is 37.0. The predicted octanol–water partition coefficient (Wildman–Crippen LogP) is 10.3. The average molecular weight is 540 g/mol. The van der Waals surface area contributed by atoms with Gasteiger partial charge in [-0.25, -0.2) is 4.79 Å². The van der Waals surface area contributed by atoms with Gasteiger partial charge in [0.2, 0.25) is 0 Å². The molecule has 1 N–H and O–H groups in total. The lowest BCUT2D eigenvalue weighted by Gasteiger charge is -2.58. The zero-order valence-electron chi connectivity index (χ0n) is 24.4. The van der Waals surface area contributed by atoms with Crippen molar-refractivity contribution < 1.29 is 9.53 Å². The van der Waals surface area contributed by atoms with Crippen LogP contribution in [0.3, 0.4) is 0 Å². The van der Waals surface area contributed by atoms with Crippen molar-refractivity contribution in [3.05, 3.63) is 40.9 Å². The van der Waals surface area contributed by atoms with E-state index in [4.69, 9.17) is 16.3 Å². The third-order valence-electron chi connectivity index (χ3n) is 11.6. The Balaban J connectivity index is 1.22. The van der Waals surface area contributed by atoms with Crippen molar-refractivity contribution in [2.24, 2.45) is 46.3 Å². The summed E-state index contributed by atoms with van der Waals surface area (Å²) >= 11 is 6.06. The number of carbonyl (C=O) groups excluding carboxylic acids is 1. The molecule has 0 aromatic heterocycles. The molecule has 1 amide bonds. The fraction of sp³-hybridized carbons (Fsp3) is 0.735. The standard InChI is InChI=1S/C34H50ClNO2/c1-22(2)8-6-9-23(3)29-14-15-30-28-13-12-24-20-27(38-32(37)36-26-11-7-10-25(35)21-26)16-18-33(24,4)31(28)17-19-34(29,30)5/h7,10-12,21-23,27-31H,6,8-9,13-20H2,1-5H3,(H,36,37)/t23-,27+,28+,29-,30+,31+,33+,34-/m1/s1. The second kappa shape index (κ2) is 11.2. The Morgan fingerprint density at radius 3 is 2.66 bits per heavy atom. The van der Waals surface area contributed by atoms with Crippen molar-refractivity contribution in [2.75, 3.05) is 5.32 Å². The van der Waals surface area contributed by atoms with Gasteiger partial charge >= 0.3 is 6.09 Å². The van der Waals surface area contributed by atoms with E-state index in [0.717, 1.165) is 54.8 Å². The summed E-state index contributed by atoms with van der Waals surface area (Å²) in [7, 11) is 0. The van der Waals surface area contributed by atoms with Crippen LogP contribution in [0.1, 0.15) is 105 Å². The minimum absolute atomic E-state index is 0.0403. The molecule has 3 fully saturated rings. The molecule has 0 radical (unpaired) electrons. The fourth-order valence-electron chi connectivity index (χ4n) is 9.62. The Kier molecular flexibility index (Phi) is 8.26. The first-order valence-electron chi connectivity index (χ1n) is 15.5. The van der Waals surface area contributed by atoms with Gasteiger partial charge in [-0.1, -0.05) is 83.2 Å². The molecule has 1 aromatic rings. The molecule has 1 aromatic carbocycles. The van der Waals surface area contributed by atoms with Gasteiger partial charge in [-0.05, 0) is 109 Å². The molecule has 8 atom stereocenters. The molecule has 4 aliphatic carbocycles. The van der Waals surface area contributed by atoms with Crippen molar-refractivity contribution >= 4 is 23.4 Å². The van der Waals surface area contributed by atoms with Gasteiger partial charge in [0.15, 0.2) is 0 Å². The maximum Gasteiger partial charge on any atom is 0.411 e. The number of benzene rings is 1. The molecule has 4 aliphatic rings. The fourth-order valence-corrected chi connectivity index (χ4v) is 9.81. The topological polar surface area (TPSA) is 38.3 Å². The maximum absolute atomic E-state index is 12.6. The predicted molar refractivity (Wildman–Crippen MR) is 158 cm³/mol. The molecule has 0 saturated heterocycles. The number of allylic oxidation sites excluding steroid dienone is 1. The van der Waals surface area contributed by atoms with Gasteiger partial charge in [0, 0.05) is 17.1 Å². The van der Waals surface area contributed by atoms with Crippen molar-refractivity contribution in [3.8, 4) is 0 Å². The Morgan fingerprint density at radius 2 is 1.89 bits per heavy atom. The van der Waals surface area contributed by atoms with Gasteiger partial charge in [0.25, 0.3) is 0 Å². The molecule has 3 saturated carbocycles. The Hall–Kier alpha value is -1.48. The summed E-state index contributed by atoms with van der Waals surface area (Å²) in [4.78, 5) is 12.6. The molecule has 0 bridgehead atoms. The lowest BCUT2D eigenvalue weighted by Crippen LogP contribution is -2.51. The quantitative estimate of drug-likeness (QED) is 0.350. The zero-order valence-corrected chi connectivity index (χ0v) is 25.2. The number of amides is 1. The maximum atomic E-state index is 12.6. The number of hydrogen-bond donors (Lipinski definition) is 1. The number of halogens is 1. The molecule has 5 rings (SSSR count). The van der Waals surface area contributed by atoms with Gasteiger partial charge < -0.3 is 4.74 Å². The number of carbonyl (C=O) groups is 1. The minimum Gasteiger partial charge on any atom is -0.446 e. The molecule has 4 heteroatoms. The minimum atomic E-state index is -0.372. The molecule has 0 heterocycles. The number of nitrogens with one attached hydrogen (secondary N) is 1. The van der Waals surface area contributed by atoms with Crippen molar-refractivity contribution in [1.82, 2.24) is 0 Å². The van der Waals surface area contributed by atoms with Crippen LogP contribution in [-0.2, 0) is 4.74 Å². The Labute approximate surface area is 236 Å². The van der Waals surface area contributed by atoms with E-state index in [-0.39, 0.29) is 17.6 Å². The summed E-state index contributed by atoms with van der Waals surface area (Å²) in [5, 5.41) is 3.46. The second-order valence-electron chi connectivity index (χ2n) is 14.2. The first kappa shape index (κ1) is 28.1.